The molecular formula is C37H41N3O7S3. The molecule has 2 saturated carbocycles. The van der Waals surface area contributed by atoms with Gasteiger partial charge in [0.05, 0.1) is 27.2 Å². The number of hydrogen-bond acceptors (Lipinski definition) is 12. The van der Waals surface area contributed by atoms with Gasteiger partial charge in [0.1, 0.15) is 23.1 Å². The van der Waals surface area contributed by atoms with E-state index < -0.39 is 17.7 Å². The molecule has 0 amide bonds. The van der Waals surface area contributed by atoms with Crippen LogP contribution in [0.4, 0.5) is 0 Å². The van der Waals surface area contributed by atoms with Crippen molar-refractivity contribution in [2.24, 2.45) is 11.8 Å². The SMILES string of the molecule is CN(CCCOc1ccc(CNC[C@H](O)c2ccc(O)c3[nH]c(=O)sc23)cc1)[C@H]1[C@H]2CC[C@@H]1[C@H](OC(=O)C(O)(c1cccs1)c1cccs1)C2. The van der Waals surface area contributed by atoms with Crippen LogP contribution in [0.1, 0.15) is 52.7 Å². The molecule has 0 radical (unpaired) electrons. The Morgan fingerprint density at radius 3 is 2.52 bits per heavy atom. The van der Waals surface area contributed by atoms with Gasteiger partial charge in [-0.3, -0.25) is 4.79 Å². The fourth-order valence-corrected chi connectivity index (χ4v) is 10.3. The second-order valence-electron chi connectivity index (χ2n) is 13.2. The maximum Gasteiger partial charge on any atom is 0.349 e. The average molecular weight is 736 g/mol. The summed E-state index contributed by atoms with van der Waals surface area (Å²) in [5.41, 5.74) is 0.211. The number of rotatable bonds is 15. The Balaban J connectivity index is 0.852. The number of hydrogen-bond donors (Lipinski definition) is 5. The van der Waals surface area contributed by atoms with Gasteiger partial charge in [0.15, 0.2) is 0 Å². The number of phenolic OH excluding ortho intramolecular Hbond substituents is 1. The number of thiophene rings is 2. The van der Waals surface area contributed by atoms with Crippen LogP contribution in [0.15, 0.2) is 76.2 Å². The summed E-state index contributed by atoms with van der Waals surface area (Å²) in [6.07, 6.45) is 2.78. The van der Waals surface area contributed by atoms with Crippen molar-refractivity contribution < 1.29 is 29.6 Å². The van der Waals surface area contributed by atoms with E-state index in [1.165, 1.54) is 28.7 Å². The summed E-state index contributed by atoms with van der Waals surface area (Å²) in [7, 11) is 2.15. The number of ether oxygens (including phenoxy) is 2. The van der Waals surface area contributed by atoms with Crippen molar-refractivity contribution in [1.82, 2.24) is 15.2 Å². The molecule has 5 atom stereocenters. The van der Waals surface area contributed by atoms with Crippen LogP contribution < -0.4 is 14.9 Å². The van der Waals surface area contributed by atoms with Gasteiger partial charge in [-0.2, -0.15) is 0 Å². The second-order valence-corrected chi connectivity index (χ2v) is 16.1. The van der Waals surface area contributed by atoms with E-state index in [1.807, 2.05) is 47.2 Å². The number of aromatic amines is 1. The molecule has 5 N–H and O–H groups in total. The molecule has 50 heavy (non-hydrogen) atoms. The predicted octanol–water partition coefficient (Wildman–Crippen LogP) is 5.59. The second kappa shape index (κ2) is 15.0. The van der Waals surface area contributed by atoms with Crippen molar-refractivity contribution in [3.63, 3.8) is 0 Å². The minimum Gasteiger partial charge on any atom is -0.506 e. The first kappa shape index (κ1) is 34.9. The lowest BCUT2D eigenvalue weighted by atomic mass is 9.96. The third kappa shape index (κ3) is 7.00. The highest BCUT2D eigenvalue weighted by atomic mass is 32.1. The van der Waals surface area contributed by atoms with E-state index in [0.717, 1.165) is 54.9 Å². The van der Waals surface area contributed by atoms with E-state index in [9.17, 15) is 24.9 Å². The minimum absolute atomic E-state index is 0.0127. The molecule has 2 fully saturated rings. The number of esters is 1. The van der Waals surface area contributed by atoms with Gasteiger partial charge in [-0.15, -0.1) is 22.7 Å². The summed E-state index contributed by atoms with van der Waals surface area (Å²) >= 11 is 3.69. The normalized spacial score (nSPS) is 20.9. The first-order valence-electron chi connectivity index (χ1n) is 16.9. The molecule has 0 spiro atoms. The zero-order chi connectivity index (χ0) is 34.8. The van der Waals surface area contributed by atoms with Crippen LogP contribution >= 0.6 is 34.0 Å². The number of nitrogens with zero attached hydrogens (tertiary/aromatic N) is 1. The minimum atomic E-state index is -1.78. The number of aromatic hydroxyl groups is 1. The molecule has 2 aromatic carbocycles. The van der Waals surface area contributed by atoms with Gasteiger partial charge in [-0.1, -0.05) is 41.7 Å². The standard InChI is InChI=1S/C37H41N3O7S3/c1-40(33-23-9-12-26(33)29(19-23)47-35(43)37(45,30-5-2-17-48-30)31-6-3-18-49-31)15-4-16-46-24-10-7-22(8-11-24)20-38-21-28(42)25-13-14-27(41)32-34(25)50-36(44)39-32/h2-3,5-8,10-11,13-14,17-18,23,26,28-29,33,38,41-42,45H,4,9,12,15-16,19-21H2,1H3,(H,39,44)/t23-,26+,28-,29+,33-/m0/s1. The van der Waals surface area contributed by atoms with E-state index in [-0.39, 0.29) is 29.2 Å². The van der Waals surface area contributed by atoms with Crippen molar-refractivity contribution in [3.8, 4) is 11.5 Å². The number of fused-ring (bicyclic) bond motifs is 3. The Morgan fingerprint density at radius 1 is 1.08 bits per heavy atom. The van der Waals surface area contributed by atoms with Crippen LogP contribution in [-0.4, -0.2) is 70.1 Å². The molecular weight excluding hydrogens is 695 g/mol. The predicted molar refractivity (Wildman–Crippen MR) is 196 cm³/mol. The maximum absolute atomic E-state index is 13.6. The van der Waals surface area contributed by atoms with Crippen LogP contribution in [0, 0.1) is 11.8 Å². The van der Waals surface area contributed by atoms with Gasteiger partial charge in [0.25, 0.3) is 0 Å². The summed E-state index contributed by atoms with van der Waals surface area (Å²) in [6, 6.07) is 18.6. The fourth-order valence-electron chi connectivity index (χ4n) is 7.69. The van der Waals surface area contributed by atoms with E-state index in [1.54, 1.807) is 18.2 Å². The van der Waals surface area contributed by atoms with Gasteiger partial charge in [0, 0.05) is 37.2 Å². The fraction of sp³-hybridized carbons (Fsp3) is 0.405. The van der Waals surface area contributed by atoms with E-state index in [0.29, 0.717) is 50.6 Å². The molecule has 0 aliphatic heterocycles. The quantitative estimate of drug-likeness (QED) is 0.0687. The van der Waals surface area contributed by atoms with Crippen LogP contribution in [0.5, 0.6) is 11.5 Å². The lowest BCUT2D eigenvalue weighted by molar-refractivity contribution is -0.170. The van der Waals surface area contributed by atoms with Crippen molar-refractivity contribution in [1.29, 1.82) is 0 Å². The van der Waals surface area contributed by atoms with Gasteiger partial charge < -0.3 is 40.0 Å². The molecule has 0 saturated heterocycles. The van der Waals surface area contributed by atoms with Crippen molar-refractivity contribution in [3.05, 3.63) is 102 Å². The number of H-pyrrole nitrogens is 1. The van der Waals surface area contributed by atoms with Crippen LogP contribution in [0.3, 0.4) is 0 Å². The van der Waals surface area contributed by atoms with Crippen molar-refractivity contribution in [2.45, 2.75) is 56.1 Å². The number of nitrogens with one attached hydrogen (secondary N) is 2. The highest BCUT2D eigenvalue weighted by Gasteiger charge is 2.53. The molecule has 2 aliphatic rings. The summed E-state index contributed by atoms with van der Waals surface area (Å²) in [5.74, 6) is 0.907. The number of carbonyl (C=O) groups excluding carboxylic acids is 1. The van der Waals surface area contributed by atoms with E-state index in [2.05, 4.69) is 22.2 Å². The largest absolute Gasteiger partial charge is 0.506 e. The molecule has 2 aliphatic carbocycles. The first-order valence-corrected chi connectivity index (χ1v) is 19.5. The summed E-state index contributed by atoms with van der Waals surface area (Å²) in [4.78, 5) is 31.3. The molecule has 5 aromatic rings. The van der Waals surface area contributed by atoms with Crippen molar-refractivity contribution in [2.75, 3.05) is 26.7 Å². The zero-order valence-electron chi connectivity index (χ0n) is 27.6. The van der Waals surface area contributed by atoms with Gasteiger partial charge in [-0.25, -0.2) is 4.79 Å². The monoisotopic (exact) mass is 735 g/mol. The zero-order valence-corrected chi connectivity index (χ0v) is 30.1. The number of aromatic nitrogens is 1. The molecule has 264 valence electrons. The number of aliphatic hydroxyl groups excluding tert-OH is 1. The third-order valence-corrected chi connectivity index (χ3v) is 13.0. The number of aliphatic hydroxyl groups is 2. The Morgan fingerprint density at radius 2 is 1.82 bits per heavy atom. The lowest BCUT2D eigenvalue weighted by Crippen LogP contribution is -2.42. The highest BCUT2D eigenvalue weighted by molar-refractivity contribution is 7.16. The van der Waals surface area contributed by atoms with Gasteiger partial charge in [-0.05, 0) is 85.3 Å². The molecule has 3 aromatic heterocycles. The summed E-state index contributed by atoms with van der Waals surface area (Å²) in [6.45, 7) is 2.28. The summed E-state index contributed by atoms with van der Waals surface area (Å²) in [5, 5.41) is 39.4. The molecule has 13 heteroatoms. The Hall–Kier alpha value is -3.56. The number of thiazole rings is 1. The molecule has 3 heterocycles. The first-order chi connectivity index (χ1) is 24.2. The lowest BCUT2D eigenvalue weighted by Gasteiger charge is -2.31. The van der Waals surface area contributed by atoms with E-state index >= 15 is 0 Å². The number of phenols is 1. The molecule has 7 rings (SSSR count). The van der Waals surface area contributed by atoms with Crippen LogP contribution in [0.25, 0.3) is 10.2 Å². The average Bonchev–Trinajstić information content (AvgIpc) is 3.96. The van der Waals surface area contributed by atoms with Gasteiger partial charge >= 0.3 is 10.8 Å². The molecule has 10 nitrogen and oxygen atoms in total. The Bertz CT molecular complexity index is 1910. The Labute approximate surface area is 301 Å². The van der Waals surface area contributed by atoms with Crippen molar-refractivity contribution >= 4 is 50.2 Å². The number of carbonyl (C=O) groups is 1. The van der Waals surface area contributed by atoms with Crippen LogP contribution in [-0.2, 0) is 21.7 Å². The summed E-state index contributed by atoms with van der Waals surface area (Å²) < 4.78 is 12.8. The molecule has 2 bridgehead atoms. The third-order valence-electron chi connectivity index (χ3n) is 10.1. The van der Waals surface area contributed by atoms with Crippen LogP contribution in [0.2, 0.25) is 0 Å². The smallest absolute Gasteiger partial charge is 0.349 e. The van der Waals surface area contributed by atoms with Gasteiger partial charge in [0.2, 0.25) is 5.60 Å². The Kier molecular flexibility index (Phi) is 10.4. The highest BCUT2D eigenvalue weighted by Crippen LogP contribution is 2.49. The number of benzene rings is 2. The topological polar surface area (TPSA) is 144 Å². The maximum atomic E-state index is 13.6. The molecule has 0 unspecified atom stereocenters. The van der Waals surface area contributed by atoms with E-state index in [4.69, 9.17) is 9.47 Å².